The van der Waals surface area contributed by atoms with Crippen LogP contribution in [0.2, 0.25) is 0 Å². The highest BCUT2D eigenvalue weighted by Gasteiger charge is 2.30. The van der Waals surface area contributed by atoms with Gasteiger partial charge in [0, 0.05) is 11.1 Å². The van der Waals surface area contributed by atoms with E-state index >= 15 is 0 Å². The SMILES string of the molecule is COc1ccccc1/C=C(/c1ccc(C(F)(F)F)cc1)c1ccccc1OC. The predicted octanol–water partition coefficient (Wildman–Crippen LogP) is 6.31. The first-order valence-electron chi connectivity index (χ1n) is 8.60. The zero-order chi connectivity index (χ0) is 20.1. The van der Waals surface area contributed by atoms with Gasteiger partial charge in [0.25, 0.3) is 0 Å². The number of alkyl halides is 3. The summed E-state index contributed by atoms with van der Waals surface area (Å²) in [5, 5.41) is 0. The number of halogens is 3. The molecule has 0 atom stereocenters. The molecule has 0 N–H and O–H groups in total. The lowest BCUT2D eigenvalue weighted by molar-refractivity contribution is -0.137. The molecule has 0 aliphatic rings. The van der Waals surface area contributed by atoms with Gasteiger partial charge in [-0.05, 0) is 41.5 Å². The summed E-state index contributed by atoms with van der Waals surface area (Å²) >= 11 is 0. The number of methoxy groups -OCH3 is 2. The van der Waals surface area contributed by atoms with Crippen molar-refractivity contribution in [3.63, 3.8) is 0 Å². The Hall–Kier alpha value is -3.21. The Morgan fingerprint density at radius 2 is 1.32 bits per heavy atom. The van der Waals surface area contributed by atoms with Crippen molar-refractivity contribution in [3.05, 3.63) is 95.1 Å². The van der Waals surface area contributed by atoms with Crippen molar-refractivity contribution in [2.75, 3.05) is 14.2 Å². The predicted molar refractivity (Wildman–Crippen MR) is 104 cm³/mol. The summed E-state index contributed by atoms with van der Waals surface area (Å²) < 4.78 is 49.8. The normalized spacial score (nSPS) is 12.0. The second-order valence-corrected chi connectivity index (χ2v) is 6.08. The topological polar surface area (TPSA) is 18.5 Å². The van der Waals surface area contributed by atoms with E-state index in [4.69, 9.17) is 9.47 Å². The summed E-state index contributed by atoms with van der Waals surface area (Å²) in [6.45, 7) is 0. The van der Waals surface area contributed by atoms with Crippen LogP contribution in [0.15, 0.2) is 72.8 Å². The quantitative estimate of drug-likeness (QED) is 0.480. The van der Waals surface area contributed by atoms with E-state index in [9.17, 15) is 13.2 Å². The van der Waals surface area contributed by atoms with Gasteiger partial charge in [0.2, 0.25) is 0 Å². The second kappa shape index (κ2) is 8.21. The molecular formula is C23H19F3O2. The molecule has 0 aromatic heterocycles. The Bertz CT molecular complexity index is 974. The van der Waals surface area contributed by atoms with Crippen LogP contribution in [0.1, 0.15) is 22.3 Å². The van der Waals surface area contributed by atoms with Crippen LogP contribution in [-0.2, 0) is 6.18 Å². The van der Waals surface area contributed by atoms with Crippen LogP contribution in [0.4, 0.5) is 13.2 Å². The number of para-hydroxylation sites is 2. The van der Waals surface area contributed by atoms with E-state index in [1.165, 1.54) is 12.1 Å². The molecule has 0 bridgehead atoms. The third kappa shape index (κ3) is 4.19. The molecule has 0 heterocycles. The van der Waals surface area contributed by atoms with Gasteiger partial charge in [-0.25, -0.2) is 0 Å². The molecule has 144 valence electrons. The van der Waals surface area contributed by atoms with E-state index in [-0.39, 0.29) is 0 Å². The Kier molecular flexibility index (Phi) is 5.73. The first-order chi connectivity index (χ1) is 13.4. The highest BCUT2D eigenvalue weighted by atomic mass is 19.4. The average Bonchev–Trinajstić information content (AvgIpc) is 2.71. The molecule has 0 radical (unpaired) electrons. The standard InChI is InChI=1S/C23H19F3O2/c1-27-21-9-5-3-7-17(21)15-20(19-8-4-6-10-22(19)28-2)16-11-13-18(14-12-16)23(24,25)26/h3-15H,1-2H3/b20-15-. The van der Waals surface area contributed by atoms with Gasteiger partial charge in [0.1, 0.15) is 11.5 Å². The molecule has 3 aromatic carbocycles. The van der Waals surface area contributed by atoms with Gasteiger partial charge < -0.3 is 9.47 Å². The molecule has 2 nitrogen and oxygen atoms in total. The fourth-order valence-electron chi connectivity index (χ4n) is 2.96. The molecule has 28 heavy (non-hydrogen) atoms. The molecule has 0 unspecified atom stereocenters. The summed E-state index contributed by atoms with van der Waals surface area (Å²) in [6.07, 6.45) is -2.49. The van der Waals surface area contributed by atoms with Crippen LogP contribution in [0.25, 0.3) is 11.6 Å². The minimum absolute atomic E-state index is 0.628. The number of benzene rings is 3. The molecule has 0 fully saturated rings. The van der Waals surface area contributed by atoms with Crippen LogP contribution < -0.4 is 9.47 Å². The lowest BCUT2D eigenvalue weighted by Crippen LogP contribution is -2.04. The van der Waals surface area contributed by atoms with Gasteiger partial charge in [0.15, 0.2) is 0 Å². The van der Waals surface area contributed by atoms with Crippen molar-refractivity contribution in [3.8, 4) is 11.5 Å². The summed E-state index contributed by atoms with van der Waals surface area (Å²) in [6, 6.07) is 19.9. The van der Waals surface area contributed by atoms with Crippen molar-refractivity contribution in [2.45, 2.75) is 6.18 Å². The first kappa shape index (κ1) is 19.5. The Morgan fingerprint density at radius 1 is 0.750 bits per heavy atom. The van der Waals surface area contributed by atoms with Gasteiger partial charge in [-0.15, -0.1) is 0 Å². The van der Waals surface area contributed by atoms with Crippen LogP contribution >= 0.6 is 0 Å². The van der Waals surface area contributed by atoms with Crippen LogP contribution in [0.3, 0.4) is 0 Å². The van der Waals surface area contributed by atoms with Gasteiger partial charge in [-0.3, -0.25) is 0 Å². The van der Waals surface area contributed by atoms with E-state index in [0.29, 0.717) is 17.1 Å². The second-order valence-electron chi connectivity index (χ2n) is 6.08. The lowest BCUT2D eigenvalue weighted by atomic mass is 9.94. The average molecular weight is 384 g/mol. The highest BCUT2D eigenvalue weighted by molar-refractivity contribution is 5.94. The van der Waals surface area contributed by atoms with Gasteiger partial charge in [0.05, 0.1) is 19.8 Å². The van der Waals surface area contributed by atoms with Crippen molar-refractivity contribution in [1.82, 2.24) is 0 Å². The van der Waals surface area contributed by atoms with Gasteiger partial charge in [-0.1, -0.05) is 48.5 Å². The monoisotopic (exact) mass is 384 g/mol. The summed E-state index contributed by atoms with van der Waals surface area (Å²) in [5.74, 6) is 1.30. The minimum Gasteiger partial charge on any atom is -0.496 e. The summed E-state index contributed by atoms with van der Waals surface area (Å²) in [7, 11) is 3.14. The van der Waals surface area contributed by atoms with Gasteiger partial charge in [-0.2, -0.15) is 13.2 Å². The molecule has 3 aromatic rings. The van der Waals surface area contributed by atoms with E-state index < -0.39 is 11.7 Å². The Morgan fingerprint density at radius 3 is 1.93 bits per heavy atom. The third-order valence-corrected chi connectivity index (χ3v) is 4.36. The zero-order valence-corrected chi connectivity index (χ0v) is 15.5. The maximum Gasteiger partial charge on any atom is 0.416 e. The van der Waals surface area contributed by atoms with Crippen LogP contribution in [0.5, 0.6) is 11.5 Å². The minimum atomic E-state index is -4.38. The summed E-state index contributed by atoms with van der Waals surface area (Å²) in [5.41, 5.74) is 2.27. The molecule has 0 aliphatic carbocycles. The van der Waals surface area contributed by atoms with Crippen molar-refractivity contribution < 1.29 is 22.6 Å². The lowest BCUT2D eigenvalue weighted by Gasteiger charge is -2.15. The molecular weight excluding hydrogens is 365 g/mol. The van der Waals surface area contributed by atoms with Crippen molar-refractivity contribution in [1.29, 1.82) is 0 Å². The number of ether oxygens (including phenoxy) is 2. The van der Waals surface area contributed by atoms with E-state index in [1.54, 1.807) is 14.2 Å². The van der Waals surface area contributed by atoms with E-state index in [1.807, 2.05) is 54.6 Å². The third-order valence-electron chi connectivity index (χ3n) is 4.36. The fraction of sp³-hybridized carbons (Fsp3) is 0.130. The van der Waals surface area contributed by atoms with Crippen LogP contribution in [-0.4, -0.2) is 14.2 Å². The molecule has 0 saturated carbocycles. The molecule has 0 aliphatic heterocycles. The fourth-order valence-corrected chi connectivity index (χ4v) is 2.96. The van der Waals surface area contributed by atoms with E-state index in [0.717, 1.165) is 28.8 Å². The summed E-state index contributed by atoms with van der Waals surface area (Å²) in [4.78, 5) is 0. The van der Waals surface area contributed by atoms with E-state index in [2.05, 4.69) is 0 Å². The molecule has 0 amide bonds. The molecule has 0 saturated heterocycles. The first-order valence-corrected chi connectivity index (χ1v) is 8.60. The van der Waals surface area contributed by atoms with Crippen molar-refractivity contribution >= 4 is 11.6 Å². The smallest absolute Gasteiger partial charge is 0.416 e. The van der Waals surface area contributed by atoms with Crippen LogP contribution in [0, 0.1) is 0 Å². The van der Waals surface area contributed by atoms with Gasteiger partial charge >= 0.3 is 6.18 Å². The number of hydrogen-bond donors (Lipinski definition) is 0. The maximum atomic E-state index is 13.0. The van der Waals surface area contributed by atoms with Crippen molar-refractivity contribution in [2.24, 2.45) is 0 Å². The number of rotatable bonds is 5. The zero-order valence-electron chi connectivity index (χ0n) is 15.5. The number of hydrogen-bond acceptors (Lipinski definition) is 2. The Labute approximate surface area is 161 Å². The largest absolute Gasteiger partial charge is 0.496 e. The maximum absolute atomic E-state index is 13.0. The molecule has 5 heteroatoms. The molecule has 0 spiro atoms. The Balaban J connectivity index is 2.19. The highest BCUT2D eigenvalue weighted by Crippen LogP contribution is 2.36. The molecule has 3 rings (SSSR count).